The van der Waals surface area contributed by atoms with E-state index in [1.54, 1.807) is 22.3 Å². The summed E-state index contributed by atoms with van der Waals surface area (Å²) in [5.41, 5.74) is 12.9. The van der Waals surface area contributed by atoms with Crippen molar-refractivity contribution in [2.75, 3.05) is 0 Å². The van der Waals surface area contributed by atoms with Crippen LogP contribution in [0.4, 0.5) is 0 Å². The molecule has 0 radical (unpaired) electrons. The molecule has 0 amide bonds. The quantitative estimate of drug-likeness (QED) is 0.452. The fourth-order valence-electron chi connectivity index (χ4n) is 5.24. The largest absolute Gasteiger partial charge is 0.0683 e. The Morgan fingerprint density at radius 2 is 1.38 bits per heavy atom. The normalized spacial score (nSPS) is 20.4. The number of hydrogen-bond donors (Lipinski definition) is 0. The lowest BCUT2D eigenvalue weighted by atomic mass is 9.62. The average Bonchev–Trinajstić information content (AvgIpc) is 3.09. The smallest absolute Gasteiger partial charge is 0.0155 e. The van der Waals surface area contributed by atoms with E-state index >= 15 is 0 Å². The van der Waals surface area contributed by atoms with E-state index < -0.39 is 0 Å². The Labute approximate surface area is 182 Å². The monoisotopic (exact) mass is 394 g/mol. The van der Waals surface area contributed by atoms with E-state index in [9.17, 15) is 0 Å². The van der Waals surface area contributed by atoms with Gasteiger partial charge in [-0.2, -0.15) is 0 Å². The Bertz CT molecular complexity index is 796. The third kappa shape index (κ3) is 4.47. The maximum Gasteiger partial charge on any atom is 0.0155 e. The van der Waals surface area contributed by atoms with Crippen LogP contribution < -0.4 is 0 Å². The maximum absolute atomic E-state index is 2.50. The molecule has 0 bridgehead atoms. The summed E-state index contributed by atoms with van der Waals surface area (Å²) in [6.45, 7) is 23.5. The lowest BCUT2D eigenvalue weighted by Crippen LogP contribution is -2.32. The molecule has 4 rings (SSSR count). The summed E-state index contributed by atoms with van der Waals surface area (Å²) in [7, 11) is 0. The second kappa shape index (κ2) is 11.0. The first kappa shape index (κ1) is 25.5. The second-order valence-electron chi connectivity index (χ2n) is 8.04. The number of benzene rings is 2. The third-order valence-corrected chi connectivity index (χ3v) is 7.01. The third-order valence-electron chi connectivity index (χ3n) is 7.01. The highest BCUT2D eigenvalue weighted by molar-refractivity contribution is 5.55. The highest BCUT2D eigenvalue weighted by atomic mass is 14.5. The minimum Gasteiger partial charge on any atom is -0.0683 e. The van der Waals surface area contributed by atoms with Crippen molar-refractivity contribution in [1.82, 2.24) is 0 Å². The molecule has 0 heterocycles. The SMILES string of the molecule is CC.CC.CC.CCC12CCc3c(ccc(C)c3C)C1c1cc(C)c(C)cc1C2. The summed E-state index contributed by atoms with van der Waals surface area (Å²) in [6.07, 6.45) is 5.17. The number of hydrogen-bond acceptors (Lipinski definition) is 0. The predicted octanol–water partition coefficient (Wildman–Crippen LogP) is 9.03. The van der Waals surface area contributed by atoms with Crippen molar-refractivity contribution in [3.63, 3.8) is 0 Å². The molecule has 0 heteroatoms. The molecule has 2 atom stereocenters. The van der Waals surface area contributed by atoms with Gasteiger partial charge in [-0.1, -0.05) is 72.7 Å². The molecular weight excluding hydrogens is 348 g/mol. The van der Waals surface area contributed by atoms with Crippen LogP contribution in [-0.2, 0) is 12.8 Å². The molecule has 29 heavy (non-hydrogen) atoms. The van der Waals surface area contributed by atoms with E-state index in [1.165, 1.54) is 47.9 Å². The van der Waals surface area contributed by atoms with Gasteiger partial charge in [0.15, 0.2) is 0 Å². The summed E-state index contributed by atoms with van der Waals surface area (Å²) >= 11 is 0. The van der Waals surface area contributed by atoms with Gasteiger partial charge in [0.25, 0.3) is 0 Å². The molecular formula is C29H46. The van der Waals surface area contributed by atoms with E-state index in [0.29, 0.717) is 11.3 Å². The van der Waals surface area contributed by atoms with E-state index in [2.05, 4.69) is 58.9 Å². The van der Waals surface area contributed by atoms with Crippen LogP contribution in [0.5, 0.6) is 0 Å². The molecule has 0 aliphatic heterocycles. The Morgan fingerprint density at radius 3 is 1.97 bits per heavy atom. The van der Waals surface area contributed by atoms with Gasteiger partial charge in [0.05, 0.1) is 0 Å². The first-order chi connectivity index (χ1) is 14.0. The first-order valence-electron chi connectivity index (χ1n) is 12.2. The van der Waals surface area contributed by atoms with Gasteiger partial charge in [0.1, 0.15) is 0 Å². The van der Waals surface area contributed by atoms with Crippen LogP contribution in [-0.4, -0.2) is 0 Å². The second-order valence-corrected chi connectivity index (χ2v) is 8.04. The van der Waals surface area contributed by atoms with Crippen LogP contribution in [0.15, 0.2) is 24.3 Å². The molecule has 0 fully saturated rings. The van der Waals surface area contributed by atoms with Crippen LogP contribution >= 0.6 is 0 Å². The molecule has 0 saturated heterocycles. The lowest BCUT2D eigenvalue weighted by molar-refractivity contribution is 0.221. The highest BCUT2D eigenvalue weighted by Gasteiger charge is 2.48. The Hall–Kier alpha value is -1.56. The van der Waals surface area contributed by atoms with Crippen molar-refractivity contribution in [2.45, 2.75) is 108 Å². The molecule has 0 N–H and O–H groups in total. The summed E-state index contributed by atoms with van der Waals surface area (Å²) in [5, 5.41) is 0. The van der Waals surface area contributed by atoms with Gasteiger partial charge in [-0.25, -0.2) is 0 Å². The zero-order valence-electron chi connectivity index (χ0n) is 21.2. The highest BCUT2D eigenvalue weighted by Crippen LogP contribution is 2.59. The molecule has 0 spiro atoms. The predicted molar refractivity (Wildman–Crippen MR) is 132 cm³/mol. The summed E-state index contributed by atoms with van der Waals surface area (Å²) in [6, 6.07) is 9.76. The van der Waals surface area contributed by atoms with Crippen LogP contribution in [0.1, 0.15) is 112 Å². The summed E-state index contributed by atoms with van der Waals surface area (Å²) in [4.78, 5) is 0. The fourth-order valence-corrected chi connectivity index (χ4v) is 5.24. The van der Waals surface area contributed by atoms with Gasteiger partial charge in [0.2, 0.25) is 0 Å². The van der Waals surface area contributed by atoms with Crippen molar-refractivity contribution in [1.29, 1.82) is 0 Å². The molecule has 162 valence electrons. The van der Waals surface area contributed by atoms with Crippen molar-refractivity contribution in [3.8, 4) is 0 Å². The molecule has 0 nitrogen and oxygen atoms in total. The van der Waals surface area contributed by atoms with Crippen LogP contribution in [0, 0.1) is 33.1 Å². The minimum atomic E-state index is 0.456. The topological polar surface area (TPSA) is 0 Å². The average molecular weight is 395 g/mol. The minimum absolute atomic E-state index is 0.456. The van der Waals surface area contributed by atoms with Crippen molar-refractivity contribution in [3.05, 3.63) is 68.8 Å². The zero-order chi connectivity index (χ0) is 22.4. The fraction of sp³-hybridized carbons (Fsp3) is 0.586. The molecule has 2 aromatic rings. The van der Waals surface area contributed by atoms with Gasteiger partial charge < -0.3 is 0 Å². The van der Waals surface area contributed by atoms with Crippen molar-refractivity contribution >= 4 is 0 Å². The standard InChI is InChI=1S/C23H28.3C2H6/c1-6-23-10-9-19-17(5)14(2)7-8-20(19)22(23)21-12-16(4)15(3)11-18(21)13-23;3*1-2/h7-8,11-12,22H,6,9-10,13H2,1-5H3;3*1-2H3. The van der Waals surface area contributed by atoms with Gasteiger partial charge in [-0.3, -0.25) is 0 Å². The molecule has 2 aliphatic rings. The Balaban J connectivity index is 0.000000644. The molecule has 0 aromatic heterocycles. The Morgan fingerprint density at radius 1 is 0.793 bits per heavy atom. The molecule has 2 aromatic carbocycles. The van der Waals surface area contributed by atoms with E-state index in [0.717, 1.165) is 0 Å². The molecule has 2 aliphatic carbocycles. The number of rotatable bonds is 1. The van der Waals surface area contributed by atoms with Crippen LogP contribution in [0.3, 0.4) is 0 Å². The maximum atomic E-state index is 2.50. The van der Waals surface area contributed by atoms with Crippen molar-refractivity contribution in [2.24, 2.45) is 5.41 Å². The first-order valence-corrected chi connectivity index (χ1v) is 12.2. The van der Waals surface area contributed by atoms with Gasteiger partial charge in [-0.15, -0.1) is 0 Å². The van der Waals surface area contributed by atoms with Crippen molar-refractivity contribution < 1.29 is 0 Å². The zero-order valence-corrected chi connectivity index (χ0v) is 21.2. The summed E-state index contributed by atoms with van der Waals surface area (Å²) in [5.74, 6) is 0.616. The number of aryl methyl sites for hydroxylation is 3. The molecule has 0 saturated carbocycles. The van der Waals surface area contributed by atoms with Crippen LogP contribution in [0.25, 0.3) is 0 Å². The summed E-state index contributed by atoms with van der Waals surface area (Å²) < 4.78 is 0. The Kier molecular flexibility index (Phi) is 9.66. The van der Waals surface area contributed by atoms with Gasteiger partial charge >= 0.3 is 0 Å². The van der Waals surface area contributed by atoms with E-state index in [-0.39, 0.29) is 0 Å². The van der Waals surface area contributed by atoms with Gasteiger partial charge in [-0.05, 0) is 103 Å². The van der Waals surface area contributed by atoms with Gasteiger partial charge in [0, 0.05) is 5.92 Å². The molecule has 2 unspecified atom stereocenters. The van der Waals surface area contributed by atoms with E-state index in [1.807, 2.05) is 41.5 Å². The van der Waals surface area contributed by atoms with E-state index in [4.69, 9.17) is 0 Å². The lowest BCUT2D eigenvalue weighted by Gasteiger charge is -2.41. The van der Waals surface area contributed by atoms with Crippen LogP contribution in [0.2, 0.25) is 0 Å². The number of fused-ring (bicyclic) bond motifs is 5.